The number of ether oxygens (including phenoxy) is 2. The number of carboxylic acids is 2. The number of alkyl halides is 3. The molecule has 0 aliphatic carbocycles. The number of carboxylic acid groups (broad SMARTS) is 2. The molecule has 0 aliphatic rings. The zero-order valence-electron chi connectivity index (χ0n) is 26.0. The minimum atomic E-state index is -4.63. The van der Waals surface area contributed by atoms with Gasteiger partial charge in [0.15, 0.2) is 12.7 Å². The van der Waals surface area contributed by atoms with Gasteiger partial charge in [-0.25, -0.2) is 14.3 Å². The normalized spacial score (nSPS) is 11.4. The topological polar surface area (TPSA) is 193 Å². The number of nitro groups is 1. The average Bonchev–Trinajstić information content (AvgIpc) is 3.42. The van der Waals surface area contributed by atoms with Gasteiger partial charge in [-0.15, -0.1) is 0 Å². The zero-order valence-corrected chi connectivity index (χ0v) is 29.0. The second-order valence-corrected chi connectivity index (χ2v) is 11.7. The number of nitrogen functional groups attached to an aromatic ring is 1. The molecule has 20 heteroatoms. The van der Waals surface area contributed by atoms with Gasteiger partial charge in [-0.05, 0) is 74.0 Å². The molecule has 1 atom stereocenters. The number of aromatic nitrogens is 3. The first-order valence-corrected chi connectivity index (χ1v) is 15.4. The molecule has 5 rings (SSSR count). The highest BCUT2D eigenvalue weighted by Crippen LogP contribution is 2.39. The summed E-state index contributed by atoms with van der Waals surface area (Å²) in [4.78, 5) is 34.9. The van der Waals surface area contributed by atoms with Gasteiger partial charge in [0.25, 0.3) is 0 Å². The summed E-state index contributed by atoms with van der Waals surface area (Å²) in [7, 11) is 0. The molecule has 13 nitrogen and oxygen atoms in total. The van der Waals surface area contributed by atoms with Crippen molar-refractivity contribution >= 4 is 80.8 Å². The van der Waals surface area contributed by atoms with Crippen LogP contribution in [0.1, 0.15) is 18.1 Å². The van der Waals surface area contributed by atoms with Crippen molar-refractivity contribution in [2.45, 2.75) is 26.1 Å². The molecule has 0 saturated carbocycles. The second kappa shape index (κ2) is 17.3. The van der Waals surface area contributed by atoms with Crippen molar-refractivity contribution in [1.82, 2.24) is 14.8 Å². The first-order chi connectivity index (χ1) is 23.8. The number of hydrogen-bond donors (Lipinski definition) is 3. The number of benzene rings is 3. The monoisotopic (exact) mass is 791 g/mol. The maximum Gasteiger partial charge on any atom is 0.416 e. The van der Waals surface area contributed by atoms with Crippen molar-refractivity contribution in [3.05, 3.63) is 108 Å². The molecular weight excluding hydrogens is 769 g/mol. The summed E-state index contributed by atoms with van der Waals surface area (Å²) in [5.41, 5.74) is 5.17. The van der Waals surface area contributed by atoms with Crippen LogP contribution in [0.5, 0.6) is 11.5 Å². The molecule has 0 radical (unpaired) electrons. The van der Waals surface area contributed by atoms with Gasteiger partial charge in [0.05, 0.1) is 25.6 Å². The minimum Gasteiger partial charge on any atom is -0.480 e. The number of rotatable bonds is 8. The van der Waals surface area contributed by atoms with Crippen LogP contribution in [-0.4, -0.2) is 54.6 Å². The van der Waals surface area contributed by atoms with E-state index in [1.54, 1.807) is 48.7 Å². The Labute approximate surface area is 306 Å². The highest BCUT2D eigenvalue weighted by molar-refractivity contribution is 6.38. The number of aliphatic carboxylic acids is 2. The summed E-state index contributed by atoms with van der Waals surface area (Å²) >= 11 is 23.3. The molecular formula is C31H24Cl4F3N5O8. The van der Waals surface area contributed by atoms with Crippen molar-refractivity contribution in [3.63, 3.8) is 0 Å². The van der Waals surface area contributed by atoms with Crippen LogP contribution in [0.25, 0.3) is 16.6 Å². The van der Waals surface area contributed by atoms with Gasteiger partial charge in [0, 0.05) is 16.6 Å². The van der Waals surface area contributed by atoms with Crippen molar-refractivity contribution in [3.8, 4) is 17.2 Å². The Hall–Kier alpha value is -5.03. The van der Waals surface area contributed by atoms with E-state index >= 15 is 0 Å². The third kappa shape index (κ3) is 10.7. The van der Waals surface area contributed by atoms with Gasteiger partial charge >= 0.3 is 23.8 Å². The third-order valence-corrected chi connectivity index (χ3v) is 7.50. The Morgan fingerprint density at radius 3 is 2.18 bits per heavy atom. The Morgan fingerprint density at radius 2 is 1.65 bits per heavy atom. The van der Waals surface area contributed by atoms with E-state index in [-0.39, 0.29) is 15.7 Å². The fourth-order valence-electron chi connectivity index (χ4n) is 3.95. The van der Waals surface area contributed by atoms with Crippen molar-refractivity contribution in [1.29, 1.82) is 0 Å². The van der Waals surface area contributed by atoms with E-state index in [0.717, 1.165) is 21.8 Å². The van der Waals surface area contributed by atoms with Gasteiger partial charge < -0.3 is 25.4 Å². The molecule has 51 heavy (non-hydrogen) atoms. The van der Waals surface area contributed by atoms with Crippen molar-refractivity contribution < 1.29 is 47.4 Å². The number of nitrogens with zero attached hydrogens (tertiary/aromatic N) is 4. The lowest BCUT2D eigenvalue weighted by Gasteiger charge is -2.12. The molecule has 0 fully saturated rings. The summed E-state index contributed by atoms with van der Waals surface area (Å²) in [6.07, 6.45) is -3.03. The zero-order chi connectivity index (χ0) is 38.2. The number of halogens is 7. The first kappa shape index (κ1) is 40.4. The van der Waals surface area contributed by atoms with Gasteiger partial charge in [-0.2, -0.15) is 18.3 Å². The number of aryl methyl sites for hydroxylation is 1. The first-order valence-electron chi connectivity index (χ1n) is 13.9. The molecule has 4 N–H and O–H groups in total. The summed E-state index contributed by atoms with van der Waals surface area (Å²) < 4.78 is 49.0. The van der Waals surface area contributed by atoms with Gasteiger partial charge in [0.2, 0.25) is 5.82 Å². The summed E-state index contributed by atoms with van der Waals surface area (Å²) in [5, 5.41) is 32.6. The predicted octanol–water partition coefficient (Wildman–Crippen LogP) is 8.54. The number of hydrogen-bond acceptors (Lipinski definition) is 9. The van der Waals surface area contributed by atoms with Crippen LogP contribution in [0, 0.1) is 17.0 Å². The maximum absolute atomic E-state index is 12.6. The molecule has 0 bridgehead atoms. The predicted molar refractivity (Wildman–Crippen MR) is 183 cm³/mol. The molecule has 0 spiro atoms. The minimum absolute atomic E-state index is 0.170. The van der Waals surface area contributed by atoms with E-state index in [9.17, 15) is 32.9 Å². The maximum atomic E-state index is 12.6. The van der Waals surface area contributed by atoms with Gasteiger partial charge in [0.1, 0.15) is 28.9 Å². The van der Waals surface area contributed by atoms with Crippen LogP contribution >= 0.6 is 46.4 Å². The molecule has 5 aromatic rings. The van der Waals surface area contributed by atoms with E-state index in [4.69, 9.17) is 71.8 Å². The number of pyridine rings is 1. The molecule has 270 valence electrons. The summed E-state index contributed by atoms with van der Waals surface area (Å²) in [6, 6.07) is 13.2. The molecule has 2 aromatic heterocycles. The highest BCUT2D eigenvalue weighted by atomic mass is 35.5. The number of fused-ring (bicyclic) bond motifs is 1. The van der Waals surface area contributed by atoms with Crippen LogP contribution in [0.15, 0.2) is 67.0 Å². The number of anilines is 1. The Bertz CT molecular complexity index is 2060. The third-order valence-electron chi connectivity index (χ3n) is 6.36. The molecule has 0 amide bonds. The quantitative estimate of drug-likeness (QED) is 0.101. The fourth-order valence-corrected chi connectivity index (χ4v) is 5.04. The lowest BCUT2D eigenvalue weighted by Crippen LogP contribution is -2.23. The molecule has 2 heterocycles. The summed E-state index contributed by atoms with van der Waals surface area (Å²) in [6.45, 7) is 2.90. The van der Waals surface area contributed by atoms with Gasteiger partial charge in [-0.1, -0.05) is 46.4 Å². The van der Waals surface area contributed by atoms with Crippen LogP contribution in [-0.2, 0) is 15.8 Å². The van der Waals surface area contributed by atoms with Crippen molar-refractivity contribution in [2.75, 3.05) is 12.3 Å². The van der Waals surface area contributed by atoms with E-state index < -0.39 is 52.8 Å². The second-order valence-electron chi connectivity index (χ2n) is 10.0. The lowest BCUT2D eigenvalue weighted by molar-refractivity contribution is -0.383. The van der Waals surface area contributed by atoms with E-state index in [1.807, 2.05) is 6.92 Å². The Morgan fingerprint density at radius 1 is 1.02 bits per heavy atom. The van der Waals surface area contributed by atoms with E-state index in [2.05, 4.69) is 10.1 Å². The fraction of sp³-hybridized carbons (Fsp3) is 0.161. The summed E-state index contributed by atoms with van der Waals surface area (Å²) in [5.74, 6) is -1.45. The largest absolute Gasteiger partial charge is 0.480 e. The standard InChI is InChI=1S/C11H8ClNO3.C10H5Cl2F3N4O2.C10H11ClO3/c12-8-3-4-9(16-6-10(14)15)11-7(8)2-1-5-13-11;11-5-1-4(10(13,14)15)2-6(12)8(5)18-9(16)7(3-17-18)19(20)21;1-6-5-8(11)3-4-9(6)14-7(2)10(12)13/h1-5H,6H2,(H,14,15);1-3H,16H2;3-5,7H,1-2H3,(H,12,13). The van der Waals surface area contributed by atoms with Crippen LogP contribution in [0.4, 0.5) is 24.7 Å². The molecule has 0 saturated heterocycles. The van der Waals surface area contributed by atoms with Crippen LogP contribution in [0.2, 0.25) is 20.1 Å². The van der Waals surface area contributed by atoms with Gasteiger partial charge in [-0.3, -0.25) is 15.1 Å². The van der Waals surface area contributed by atoms with E-state index in [1.165, 1.54) is 6.92 Å². The van der Waals surface area contributed by atoms with E-state index in [0.29, 0.717) is 39.2 Å². The average molecular weight is 793 g/mol. The molecule has 1 unspecified atom stereocenters. The SMILES string of the molecule is Cc1cc(Cl)ccc1OC(C)C(=O)O.Nc1c([N+](=O)[O-])cnn1-c1c(Cl)cc(C(F)(F)F)cc1Cl.O=C(O)COc1ccc(Cl)c2cccnc12. The highest BCUT2D eigenvalue weighted by Gasteiger charge is 2.33. The Kier molecular flexibility index (Phi) is 13.7. The molecule has 0 aliphatic heterocycles. The number of nitrogens with two attached hydrogens (primary N) is 1. The van der Waals surface area contributed by atoms with Crippen LogP contribution in [0.3, 0.4) is 0 Å². The molecule has 3 aromatic carbocycles. The lowest BCUT2D eigenvalue weighted by atomic mass is 10.2. The number of carbonyl (C=O) groups is 2. The van der Waals surface area contributed by atoms with Crippen molar-refractivity contribution in [2.24, 2.45) is 0 Å². The smallest absolute Gasteiger partial charge is 0.416 e. The van der Waals surface area contributed by atoms with Crippen LogP contribution < -0.4 is 15.2 Å². The Balaban J connectivity index is 0.000000212.